The number of carbonyl (C=O) groups is 1. The van der Waals surface area contributed by atoms with Crippen molar-refractivity contribution >= 4 is 34.8 Å². The molecule has 3 N–H and O–H groups in total. The van der Waals surface area contributed by atoms with Crippen LogP contribution >= 0.6 is 23.8 Å². The molecule has 6 nitrogen and oxygen atoms in total. The van der Waals surface area contributed by atoms with Crippen LogP contribution in [0.2, 0.25) is 5.02 Å². The number of amides is 1. The van der Waals surface area contributed by atoms with Gasteiger partial charge in [-0.3, -0.25) is 15.6 Å². The lowest BCUT2D eigenvalue weighted by atomic mass is 10.2. The second-order valence-electron chi connectivity index (χ2n) is 5.08. The molecular weight excluding hydrogens is 381 g/mol. The maximum Gasteiger partial charge on any atom is 0.269 e. The van der Waals surface area contributed by atoms with Crippen LogP contribution in [0.3, 0.4) is 0 Å². The number of hydrogen-bond acceptors (Lipinski definition) is 4. The maximum atomic E-state index is 12.9. The highest BCUT2D eigenvalue weighted by atomic mass is 35.5. The van der Waals surface area contributed by atoms with Gasteiger partial charge in [0.25, 0.3) is 5.91 Å². The van der Waals surface area contributed by atoms with E-state index >= 15 is 0 Å². The molecule has 2 rings (SSSR count). The fourth-order valence-corrected chi connectivity index (χ4v) is 2.47. The standard InChI is InChI=1S/C17H17ClFN3O3S/c1-24-14-8-11(7-13(18)15(14)25-2)16(23)21-22-17(26)20-9-10-3-5-12(19)6-4-10/h3-8H,9H2,1-2H3,(H,21,23)(H2,20,22,26). The van der Waals surface area contributed by atoms with E-state index in [0.29, 0.717) is 18.0 Å². The maximum absolute atomic E-state index is 12.9. The van der Waals surface area contributed by atoms with Crippen molar-refractivity contribution in [2.45, 2.75) is 6.54 Å². The molecule has 0 aliphatic heterocycles. The Kier molecular flexibility index (Phi) is 6.99. The van der Waals surface area contributed by atoms with Gasteiger partial charge in [-0.1, -0.05) is 23.7 Å². The van der Waals surface area contributed by atoms with Crippen LogP contribution in [0, 0.1) is 5.82 Å². The topological polar surface area (TPSA) is 71.6 Å². The first-order chi connectivity index (χ1) is 12.4. The smallest absolute Gasteiger partial charge is 0.269 e. The zero-order chi connectivity index (χ0) is 19.1. The summed E-state index contributed by atoms with van der Waals surface area (Å²) in [6.45, 7) is 0.379. The van der Waals surface area contributed by atoms with E-state index in [1.165, 1.54) is 38.5 Å². The van der Waals surface area contributed by atoms with Gasteiger partial charge in [-0.15, -0.1) is 0 Å². The van der Waals surface area contributed by atoms with Crippen LogP contribution in [0.25, 0.3) is 0 Å². The van der Waals surface area contributed by atoms with Crippen LogP contribution < -0.4 is 25.6 Å². The zero-order valence-electron chi connectivity index (χ0n) is 14.1. The first-order valence-corrected chi connectivity index (χ1v) is 8.23. The lowest BCUT2D eigenvalue weighted by molar-refractivity contribution is 0.0943. The van der Waals surface area contributed by atoms with Crippen molar-refractivity contribution in [1.29, 1.82) is 0 Å². The summed E-state index contributed by atoms with van der Waals surface area (Å²) < 4.78 is 23.1. The molecule has 9 heteroatoms. The van der Waals surface area contributed by atoms with Crippen LogP contribution in [-0.4, -0.2) is 25.2 Å². The average molecular weight is 398 g/mol. The number of methoxy groups -OCH3 is 2. The van der Waals surface area contributed by atoms with Gasteiger partial charge in [0.05, 0.1) is 19.2 Å². The van der Waals surface area contributed by atoms with E-state index in [9.17, 15) is 9.18 Å². The molecule has 0 bridgehead atoms. The Balaban J connectivity index is 1.90. The number of benzene rings is 2. The van der Waals surface area contributed by atoms with E-state index < -0.39 is 5.91 Å². The van der Waals surface area contributed by atoms with Crippen molar-refractivity contribution in [3.63, 3.8) is 0 Å². The van der Waals surface area contributed by atoms with Gasteiger partial charge in [0.2, 0.25) is 0 Å². The minimum atomic E-state index is -0.459. The van der Waals surface area contributed by atoms with E-state index in [1.807, 2.05) is 0 Å². The molecule has 2 aromatic rings. The van der Waals surface area contributed by atoms with Crippen LogP contribution in [-0.2, 0) is 6.54 Å². The Bertz CT molecular complexity index is 803. The summed E-state index contributed by atoms with van der Waals surface area (Å²) in [5.74, 6) is -0.0913. The van der Waals surface area contributed by atoms with Gasteiger partial charge in [-0.2, -0.15) is 0 Å². The lowest BCUT2D eigenvalue weighted by Crippen LogP contribution is -2.46. The third-order valence-electron chi connectivity index (χ3n) is 3.35. The molecule has 26 heavy (non-hydrogen) atoms. The zero-order valence-corrected chi connectivity index (χ0v) is 15.6. The summed E-state index contributed by atoms with van der Waals surface area (Å²) in [7, 11) is 2.90. The first-order valence-electron chi connectivity index (χ1n) is 7.44. The van der Waals surface area contributed by atoms with Crippen molar-refractivity contribution in [2.75, 3.05) is 14.2 Å². The Morgan fingerprint density at radius 1 is 1.15 bits per heavy atom. The quantitative estimate of drug-likeness (QED) is 0.532. The van der Waals surface area contributed by atoms with Crippen molar-refractivity contribution in [3.05, 3.63) is 58.4 Å². The fraction of sp³-hybridized carbons (Fsp3) is 0.176. The predicted molar refractivity (Wildman–Crippen MR) is 101 cm³/mol. The minimum absolute atomic E-state index is 0.203. The van der Waals surface area contributed by atoms with Gasteiger partial charge in [0.15, 0.2) is 16.6 Å². The molecule has 0 atom stereocenters. The van der Waals surface area contributed by atoms with Crippen molar-refractivity contribution < 1.29 is 18.7 Å². The minimum Gasteiger partial charge on any atom is -0.493 e. The highest BCUT2D eigenvalue weighted by molar-refractivity contribution is 7.80. The van der Waals surface area contributed by atoms with Crippen molar-refractivity contribution in [1.82, 2.24) is 16.2 Å². The van der Waals surface area contributed by atoms with Crippen LogP contribution in [0.1, 0.15) is 15.9 Å². The van der Waals surface area contributed by atoms with Crippen molar-refractivity contribution in [2.24, 2.45) is 0 Å². The molecule has 0 aliphatic rings. The number of rotatable bonds is 5. The second-order valence-corrected chi connectivity index (χ2v) is 5.90. The monoisotopic (exact) mass is 397 g/mol. The molecule has 0 radical (unpaired) electrons. The van der Waals surface area contributed by atoms with Crippen molar-refractivity contribution in [3.8, 4) is 11.5 Å². The van der Waals surface area contributed by atoms with Gasteiger partial charge >= 0.3 is 0 Å². The second kappa shape index (κ2) is 9.21. The van der Waals surface area contributed by atoms with E-state index in [1.54, 1.807) is 12.1 Å². The molecule has 0 spiro atoms. The third kappa shape index (κ3) is 5.21. The summed E-state index contributed by atoms with van der Waals surface area (Å²) in [6, 6.07) is 8.93. The summed E-state index contributed by atoms with van der Waals surface area (Å²) in [5.41, 5.74) is 6.14. The van der Waals surface area contributed by atoms with E-state index in [2.05, 4.69) is 16.2 Å². The molecule has 138 valence electrons. The lowest BCUT2D eigenvalue weighted by Gasteiger charge is -2.14. The highest BCUT2D eigenvalue weighted by Crippen LogP contribution is 2.35. The van der Waals surface area contributed by atoms with Crippen LogP contribution in [0.15, 0.2) is 36.4 Å². The van der Waals surface area contributed by atoms with Gasteiger partial charge < -0.3 is 14.8 Å². The fourth-order valence-electron chi connectivity index (χ4n) is 2.06. The molecule has 0 heterocycles. The van der Waals surface area contributed by atoms with E-state index in [0.717, 1.165) is 5.56 Å². The number of hydrogen-bond donors (Lipinski definition) is 3. The molecular formula is C17H17ClFN3O3S. The summed E-state index contributed by atoms with van der Waals surface area (Å²) in [6.07, 6.45) is 0. The molecule has 2 aromatic carbocycles. The number of halogens is 2. The molecule has 0 aromatic heterocycles. The first kappa shape index (κ1) is 19.7. The molecule has 0 saturated carbocycles. The number of thiocarbonyl (C=S) groups is 1. The van der Waals surface area contributed by atoms with Crippen LogP contribution in [0.4, 0.5) is 4.39 Å². The molecule has 0 saturated heterocycles. The average Bonchev–Trinajstić information content (AvgIpc) is 2.64. The Labute approximate surface area is 160 Å². The molecule has 0 unspecified atom stereocenters. The van der Waals surface area contributed by atoms with Gasteiger partial charge in [-0.05, 0) is 42.0 Å². The Morgan fingerprint density at radius 3 is 2.46 bits per heavy atom. The number of hydrazine groups is 1. The number of ether oxygens (including phenoxy) is 2. The SMILES string of the molecule is COc1cc(C(=O)NNC(=S)NCc2ccc(F)cc2)cc(Cl)c1OC. The van der Waals surface area contributed by atoms with Gasteiger partial charge in [0.1, 0.15) is 5.82 Å². The normalized spacial score (nSPS) is 10.0. The van der Waals surface area contributed by atoms with E-state index in [-0.39, 0.29) is 21.5 Å². The summed E-state index contributed by atoms with van der Waals surface area (Å²) in [4.78, 5) is 12.2. The Hall–Kier alpha value is -2.58. The van der Waals surface area contributed by atoms with Gasteiger partial charge in [-0.25, -0.2) is 4.39 Å². The highest BCUT2D eigenvalue weighted by Gasteiger charge is 2.15. The molecule has 0 fully saturated rings. The molecule has 0 aliphatic carbocycles. The largest absolute Gasteiger partial charge is 0.493 e. The predicted octanol–water partition coefficient (Wildman–Crippen LogP) is 2.81. The van der Waals surface area contributed by atoms with Gasteiger partial charge in [0, 0.05) is 12.1 Å². The summed E-state index contributed by atoms with van der Waals surface area (Å²) >= 11 is 11.2. The summed E-state index contributed by atoms with van der Waals surface area (Å²) in [5, 5.41) is 3.34. The Morgan fingerprint density at radius 2 is 1.85 bits per heavy atom. The van der Waals surface area contributed by atoms with E-state index in [4.69, 9.17) is 33.3 Å². The molecule has 1 amide bonds. The third-order valence-corrected chi connectivity index (χ3v) is 3.88. The number of nitrogens with one attached hydrogen (secondary N) is 3. The number of carbonyl (C=O) groups excluding carboxylic acids is 1. The van der Waals surface area contributed by atoms with Crippen LogP contribution in [0.5, 0.6) is 11.5 Å².